The molecule has 3 rings (SSSR count). The summed E-state index contributed by atoms with van der Waals surface area (Å²) in [6.07, 6.45) is 0. The first kappa shape index (κ1) is 13.3. The second-order valence-electron chi connectivity index (χ2n) is 4.76. The molecule has 0 fully saturated rings. The molecule has 21 heavy (non-hydrogen) atoms. The summed E-state index contributed by atoms with van der Waals surface area (Å²) in [6.45, 7) is 0.401. The highest BCUT2D eigenvalue weighted by atomic mass is 16.4. The molecule has 1 heterocycles. The number of aliphatic hydroxyl groups excluding tert-OH is 1. The third-order valence-electron chi connectivity index (χ3n) is 3.42. The van der Waals surface area contributed by atoms with Crippen molar-refractivity contribution in [2.45, 2.75) is 13.2 Å². The van der Waals surface area contributed by atoms with Crippen molar-refractivity contribution in [3.8, 4) is 0 Å². The van der Waals surface area contributed by atoms with Gasteiger partial charge in [-0.15, -0.1) is 0 Å². The highest BCUT2D eigenvalue weighted by molar-refractivity contribution is 5.87. The average molecular weight is 282 g/mol. The molecule has 0 aliphatic rings. The number of hydrogen-bond acceptors (Lipinski definition) is 3. The van der Waals surface area contributed by atoms with E-state index in [0.29, 0.717) is 12.4 Å². The van der Waals surface area contributed by atoms with E-state index < -0.39 is 5.97 Å². The summed E-state index contributed by atoms with van der Waals surface area (Å²) in [5.41, 5.74) is 3.00. The minimum absolute atomic E-state index is 0.137. The minimum Gasteiger partial charge on any atom is -0.478 e. The Hall–Kier alpha value is -2.66. The van der Waals surface area contributed by atoms with Crippen molar-refractivity contribution in [2.24, 2.45) is 0 Å². The first-order valence-electron chi connectivity index (χ1n) is 6.56. The maximum absolute atomic E-state index is 10.9. The standard InChI is InChI=1S/C16H14N2O3/c19-10-15-17-13-3-1-2-4-14(13)18(15)9-11-5-7-12(8-6-11)16(20)21/h1-8,19H,9-10H2,(H,20,21). The fraction of sp³-hybridized carbons (Fsp3) is 0.125. The molecule has 2 N–H and O–H groups in total. The molecule has 0 bridgehead atoms. The fourth-order valence-corrected chi connectivity index (χ4v) is 2.36. The van der Waals surface area contributed by atoms with Crippen molar-refractivity contribution >= 4 is 17.0 Å². The summed E-state index contributed by atoms with van der Waals surface area (Å²) in [5.74, 6) is -0.343. The normalized spacial score (nSPS) is 10.9. The van der Waals surface area contributed by atoms with E-state index >= 15 is 0 Å². The number of aliphatic hydroxyl groups is 1. The van der Waals surface area contributed by atoms with E-state index in [-0.39, 0.29) is 12.2 Å². The van der Waals surface area contributed by atoms with Crippen LogP contribution in [0.25, 0.3) is 11.0 Å². The van der Waals surface area contributed by atoms with Crippen LogP contribution in [0.1, 0.15) is 21.7 Å². The molecule has 0 saturated carbocycles. The number of carbonyl (C=O) groups is 1. The van der Waals surface area contributed by atoms with E-state index in [2.05, 4.69) is 4.98 Å². The van der Waals surface area contributed by atoms with Gasteiger partial charge in [-0.25, -0.2) is 9.78 Å². The number of benzene rings is 2. The van der Waals surface area contributed by atoms with E-state index in [1.54, 1.807) is 24.3 Å². The maximum Gasteiger partial charge on any atom is 0.335 e. The summed E-state index contributed by atoms with van der Waals surface area (Å²) in [4.78, 5) is 15.2. The zero-order valence-corrected chi connectivity index (χ0v) is 11.2. The van der Waals surface area contributed by atoms with Gasteiger partial charge in [0.2, 0.25) is 0 Å². The van der Waals surface area contributed by atoms with Crippen molar-refractivity contribution in [1.29, 1.82) is 0 Å². The lowest BCUT2D eigenvalue weighted by Crippen LogP contribution is -2.05. The van der Waals surface area contributed by atoms with Crippen LogP contribution in [0.4, 0.5) is 0 Å². The third kappa shape index (κ3) is 2.51. The van der Waals surface area contributed by atoms with E-state index in [9.17, 15) is 9.90 Å². The topological polar surface area (TPSA) is 75.3 Å². The van der Waals surface area contributed by atoms with E-state index in [1.807, 2.05) is 28.8 Å². The van der Waals surface area contributed by atoms with Gasteiger partial charge < -0.3 is 14.8 Å². The Morgan fingerprint density at radius 2 is 1.81 bits per heavy atom. The van der Waals surface area contributed by atoms with Gasteiger partial charge in [0.05, 0.1) is 16.6 Å². The van der Waals surface area contributed by atoms with Crippen LogP contribution in [-0.2, 0) is 13.2 Å². The van der Waals surface area contributed by atoms with Gasteiger partial charge in [0.15, 0.2) is 0 Å². The largest absolute Gasteiger partial charge is 0.478 e. The highest BCUT2D eigenvalue weighted by Crippen LogP contribution is 2.18. The second-order valence-corrected chi connectivity index (χ2v) is 4.76. The summed E-state index contributed by atoms with van der Waals surface area (Å²) in [6, 6.07) is 14.4. The first-order valence-corrected chi connectivity index (χ1v) is 6.56. The molecule has 0 saturated heterocycles. The van der Waals surface area contributed by atoms with Crippen LogP contribution in [0, 0.1) is 0 Å². The molecule has 0 aliphatic heterocycles. The Bertz CT molecular complexity index is 791. The van der Waals surface area contributed by atoms with Crippen molar-refractivity contribution < 1.29 is 15.0 Å². The van der Waals surface area contributed by atoms with Crippen molar-refractivity contribution in [3.63, 3.8) is 0 Å². The van der Waals surface area contributed by atoms with Crippen LogP contribution in [0.5, 0.6) is 0 Å². The summed E-state index contributed by atoms with van der Waals surface area (Å²) in [5, 5.41) is 18.4. The van der Waals surface area contributed by atoms with Crippen molar-refractivity contribution in [3.05, 3.63) is 65.5 Å². The maximum atomic E-state index is 10.9. The van der Waals surface area contributed by atoms with Gasteiger partial charge in [-0.3, -0.25) is 0 Å². The molecule has 0 radical (unpaired) electrons. The van der Waals surface area contributed by atoms with E-state index in [4.69, 9.17) is 5.11 Å². The Labute approximate surface area is 121 Å². The van der Waals surface area contributed by atoms with Crippen molar-refractivity contribution in [2.75, 3.05) is 0 Å². The van der Waals surface area contributed by atoms with Crippen LogP contribution in [0.2, 0.25) is 0 Å². The highest BCUT2D eigenvalue weighted by Gasteiger charge is 2.10. The molecule has 0 spiro atoms. The molecule has 0 aliphatic carbocycles. The predicted molar refractivity (Wildman–Crippen MR) is 78.2 cm³/mol. The lowest BCUT2D eigenvalue weighted by molar-refractivity contribution is 0.0697. The summed E-state index contributed by atoms with van der Waals surface area (Å²) < 4.78 is 1.94. The van der Waals surface area contributed by atoms with Gasteiger partial charge in [-0.05, 0) is 29.8 Å². The number of carboxylic acids is 1. The summed E-state index contributed by atoms with van der Waals surface area (Å²) >= 11 is 0. The van der Waals surface area contributed by atoms with E-state index in [0.717, 1.165) is 16.6 Å². The minimum atomic E-state index is -0.939. The quantitative estimate of drug-likeness (QED) is 0.769. The van der Waals surface area contributed by atoms with Gasteiger partial charge >= 0.3 is 5.97 Å². The number of carboxylic acid groups (broad SMARTS) is 1. The Morgan fingerprint density at radius 1 is 1.10 bits per heavy atom. The average Bonchev–Trinajstić information content (AvgIpc) is 2.86. The lowest BCUT2D eigenvalue weighted by atomic mass is 10.1. The zero-order chi connectivity index (χ0) is 14.8. The number of fused-ring (bicyclic) bond motifs is 1. The van der Waals surface area contributed by atoms with Crippen LogP contribution in [0.3, 0.4) is 0 Å². The smallest absolute Gasteiger partial charge is 0.335 e. The first-order chi connectivity index (χ1) is 10.2. The van der Waals surface area contributed by atoms with Gasteiger partial charge in [0.1, 0.15) is 12.4 Å². The SMILES string of the molecule is O=C(O)c1ccc(Cn2c(CO)nc3ccccc32)cc1. The van der Waals surface area contributed by atoms with Gasteiger partial charge in [-0.1, -0.05) is 24.3 Å². The van der Waals surface area contributed by atoms with Crippen molar-refractivity contribution in [1.82, 2.24) is 9.55 Å². The molecule has 3 aromatic rings. The fourth-order valence-electron chi connectivity index (χ4n) is 2.36. The Morgan fingerprint density at radius 3 is 2.48 bits per heavy atom. The van der Waals surface area contributed by atoms with Gasteiger partial charge in [-0.2, -0.15) is 0 Å². The molecule has 0 atom stereocenters. The molecule has 1 aromatic heterocycles. The molecule has 106 valence electrons. The molecule has 0 amide bonds. The van der Waals surface area contributed by atoms with E-state index in [1.165, 1.54) is 0 Å². The third-order valence-corrected chi connectivity index (χ3v) is 3.42. The lowest BCUT2D eigenvalue weighted by Gasteiger charge is -2.08. The number of rotatable bonds is 4. The number of aromatic nitrogens is 2. The van der Waals surface area contributed by atoms with Crippen LogP contribution in [-0.4, -0.2) is 25.7 Å². The van der Waals surface area contributed by atoms with Crippen LogP contribution >= 0.6 is 0 Å². The molecule has 5 heteroatoms. The van der Waals surface area contributed by atoms with Crippen LogP contribution in [0.15, 0.2) is 48.5 Å². The molecule has 0 unspecified atom stereocenters. The summed E-state index contributed by atoms with van der Waals surface area (Å²) in [7, 11) is 0. The van der Waals surface area contributed by atoms with Gasteiger partial charge in [0.25, 0.3) is 0 Å². The number of aromatic carboxylic acids is 1. The molecule has 5 nitrogen and oxygen atoms in total. The number of hydrogen-bond donors (Lipinski definition) is 2. The number of imidazole rings is 1. The second kappa shape index (κ2) is 5.38. The number of nitrogens with zero attached hydrogens (tertiary/aromatic N) is 2. The Kier molecular flexibility index (Phi) is 3.41. The monoisotopic (exact) mass is 282 g/mol. The molecule has 2 aromatic carbocycles. The molecular weight excluding hydrogens is 268 g/mol. The predicted octanol–water partition coefficient (Wildman–Crippen LogP) is 2.28. The molecular formula is C16H14N2O3. The van der Waals surface area contributed by atoms with Crippen LogP contribution < -0.4 is 0 Å². The number of para-hydroxylation sites is 2. The zero-order valence-electron chi connectivity index (χ0n) is 11.2. The van der Waals surface area contributed by atoms with Gasteiger partial charge in [0, 0.05) is 6.54 Å². The Balaban J connectivity index is 1.99.